The van der Waals surface area contributed by atoms with Crippen LogP contribution in [0.5, 0.6) is 0 Å². The summed E-state index contributed by atoms with van der Waals surface area (Å²) in [5.74, 6) is 0. The second kappa shape index (κ2) is 6.07. The molecule has 0 spiro atoms. The van der Waals surface area contributed by atoms with Crippen molar-refractivity contribution in [2.75, 3.05) is 6.54 Å². The number of pyridine rings is 1. The van der Waals surface area contributed by atoms with Crippen molar-refractivity contribution in [2.24, 2.45) is 0 Å². The smallest absolute Gasteiger partial charge is 0.0705 e. The monoisotopic (exact) mass is 285 g/mol. The molecular formula is C16H16ClN3. The van der Waals surface area contributed by atoms with Gasteiger partial charge >= 0.3 is 0 Å². The van der Waals surface area contributed by atoms with Crippen LogP contribution in [0, 0.1) is 0 Å². The third-order valence-electron chi connectivity index (χ3n) is 3.33. The average Bonchev–Trinajstić information content (AvgIpc) is 2.82. The van der Waals surface area contributed by atoms with Crippen molar-refractivity contribution in [1.29, 1.82) is 0 Å². The van der Waals surface area contributed by atoms with Gasteiger partial charge in [0.05, 0.1) is 5.02 Å². The lowest BCUT2D eigenvalue weighted by atomic mass is 10.2. The highest BCUT2D eigenvalue weighted by atomic mass is 35.5. The van der Waals surface area contributed by atoms with Gasteiger partial charge in [-0.05, 0) is 30.7 Å². The summed E-state index contributed by atoms with van der Waals surface area (Å²) in [5, 5.41) is 5.30. The number of H-pyrrole nitrogens is 1. The molecule has 0 bridgehead atoms. The minimum absolute atomic E-state index is 0.744. The van der Waals surface area contributed by atoms with Crippen LogP contribution in [0.25, 0.3) is 10.9 Å². The number of aromatic nitrogens is 2. The molecule has 0 aliphatic rings. The average molecular weight is 286 g/mol. The Bertz CT molecular complexity index is 691. The summed E-state index contributed by atoms with van der Waals surface area (Å²) in [6, 6.07) is 12.1. The zero-order chi connectivity index (χ0) is 13.8. The number of halogens is 1. The Balaban J connectivity index is 1.59. The van der Waals surface area contributed by atoms with E-state index in [4.69, 9.17) is 11.6 Å². The largest absolute Gasteiger partial charge is 0.356 e. The van der Waals surface area contributed by atoms with Crippen LogP contribution in [0.1, 0.15) is 11.3 Å². The predicted octanol–water partition coefficient (Wildman–Crippen LogP) is 3.55. The number of rotatable bonds is 5. The van der Waals surface area contributed by atoms with Gasteiger partial charge in [-0.15, -0.1) is 0 Å². The van der Waals surface area contributed by atoms with E-state index in [0.717, 1.165) is 41.1 Å². The first-order valence-electron chi connectivity index (χ1n) is 6.69. The van der Waals surface area contributed by atoms with Crippen molar-refractivity contribution in [2.45, 2.75) is 13.0 Å². The van der Waals surface area contributed by atoms with E-state index < -0.39 is 0 Å². The third kappa shape index (κ3) is 2.84. The maximum Gasteiger partial charge on any atom is 0.0705 e. The molecule has 4 heteroatoms. The van der Waals surface area contributed by atoms with Crippen molar-refractivity contribution in [3.8, 4) is 0 Å². The molecule has 102 valence electrons. The van der Waals surface area contributed by atoms with Gasteiger partial charge in [0.2, 0.25) is 0 Å². The molecule has 0 amide bonds. The highest BCUT2D eigenvalue weighted by molar-refractivity contribution is 6.36. The fourth-order valence-electron chi connectivity index (χ4n) is 2.28. The van der Waals surface area contributed by atoms with Crippen molar-refractivity contribution >= 4 is 22.5 Å². The van der Waals surface area contributed by atoms with E-state index in [9.17, 15) is 0 Å². The third-order valence-corrected chi connectivity index (χ3v) is 3.76. The zero-order valence-corrected chi connectivity index (χ0v) is 11.8. The van der Waals surface area contributed by atoms with E-state index in [2.05, 4.69) is 21.4 Å². The molecule has 20 heavy (non-hydrogen) atoms. The maximum absolute atomic E-state index is 6.37. The van der Waals surface area contributed by atoms with Crippen LogP contribution in [0.4, 0.5) is 0 Å². The van der Waals surface area contributed by atoms with Gasteiger partial charge in [-0.2, -0.15) is 0 Å². The van der Waals surface area contributed by atoms with Gasteiger partial charge in [0.25, 0.3) is 0 Å². The number of fused-ring (bicyclic) bond motifs is 1. The fraction of sp³-hybridized carbons (Fsp3) is 0.188. The van der Waals surface area contributed by atoms with Gasteiger partial charge in [-0.25, -0.2) is 0 Å². The lowest BCUT2D eigenvalue weighted by molar-refractivity contribution is 0.677. The molecule has 0 atom stereocenters. The number of hydrogen-bond donors (Lipinski definition) is 2. The molecule has 0 saturated carbocycles. The lowest BCUT2D eigenvalue weighted by Crippen LogP contribution is -2.17. The second-order valence-corrected chi connectivity index (χ2v) is 5.13. The van der Waals surface area contributed by atoms with Gasteiger partial charge < -0.3 is 10.3 Å². The summed E-state index contributed by atoms with van der Waals surface area (Å²) in [4.78, 5) is 7.47. The Morgan fingerprint density at radius 3 is 2.85 bits per heavy atom. The minimum atomic E-state index is 0.744. The molecule has 0 radical (unpaired) electrons. The van der Waals surface area contributed by atoms with E-state index in [1.54, 1.807) is 6.20 Å². The van der Waals surface area contributed by atoms with Gasteiger partial charge in [0, 0.05) is 35.5 Å². The summed E-state index contributed by atoms with van der Waals surface area (Å²) >= 11 is 6.37. The van der Waals surface area contributed by atoms with Crippen LogP contribution in [-0.2, 0) is 13.0 Å². The van der Waals surface area contributed by atoms with Crippen molar-refractivity contribution in [3.63, 3.8) is 0 Å². The zero-order valence-electron chi connectivity index (χ0n) is 11.1. The number of aromatic amines is 1. The quantitative estimate of drug-likeness (QED) is 0.704. The molecule has 0 fully saturated rings. The Hall–Kier alpha value is -1.84. The van der Waals surface area contributed by atoms with Crippen LogP contribution in [-0.4, -0.2) is 16.5 Å². The molecule has 2 heterocycles. The van der Waals surface area contributed by atoms with E-state index in [1.165, 1.54) is 5.56 Å². The molecule has 2 aromatic heterocycles. The van der Waals surface area contributed by atoms with Crippen molar-refractivity contribution in [1.82, 2.24) is 15.3 Å². The standard InChI is InChI=1S/C16H16ClN3/c17-16-13-5-1-2-6-14(13)20-15(16)11-19-9-7-12-4-3-8-18-10-12/h1-6,8,10,19-20H,7,9,11H2. The first-order chi connectivity index (χ1) is 9.84. The van der Waals surface area contributed by atoms with Crippen molar-refractivity contribution < 1.29 is 0 Å². The van der Waals surface area contributed by atoms with Gasteiger partial charge in [-0.1, -0.05) is 35.9 Å². The number of nitrogens with one attached hydrogen (secondary N) is 2. The topological polar surface area (TPSA) is 40.7 Å². The van der Waals surface area contributed by atoms with E-state index >= 15 is 0 Å². The van der Waals surface area contributed by atoms with Crippen LogP contribution < -0.4 is 5.32 Å². The molecule has 0 unspecified atom stereocenters. The van der Waals surface area contributed by atoms with E-state index in [1.807, 2.05) is 36.5 Å². The Kier molecular flexibility index (Phi) is 4.00. The molecule has 3 aromatic rings. The molecule has 3 rings (SSSR count). The summed E-state index contributed by atoms with van der Waals surface area (Å²) in [6.45, 7) is 1.64. The first-order valence-corrected chi connectivity index (χ1v) is 7.07. The molecule has 0 saturated heterocycles. The summed E-state index contributed by atoms with van der Waals surface area (Å²) in [5.41, 5.74) is 3.36. The van der Waals surface area contributed by atoms with Crippen LogP contribution in [0.15, 0.2) is 48.8 Å². The molecular weight excluding hydrogens is 270 g/mol. The first kappa shape index (κ1) is 13.2. The second-order valence-electron chi connectivity index (χ2n) is 4.75. The molecule has 3 nitrogen and oxygen atoms in total. The lowest BCUT2D eigenvalue weighted by Gasteiger charge is -2.04. The Labute approximate surface area is 123 Å². The van der Waals surface area contributed by atoms with Crippen LogP contribution >= 0.6 is 11.6 Å². The Morgan fingerprint density at radius 2 is 2.05 bits per heavy atom. The van der Waals surface area contributed by atoms with Crippen LogP contribution in [0.2, 0.25) is 5.02 Å². The maximum atomic E-state index is 6.37. The number of nitrogens with zero attached hydrogens (tertiary/aromatic N) is 1. The van der Waals surface area contributed by atoms with E-state index in [0.29, 0.717) is 0 Å². The number of hydrogen-bond acceptors (Lipinski definition) is 2. The normalized spacial score (nSPS) is 11.1. The van der Waals surface area contributed by atoms with Crippen molar-refractivity contribution in [3.05, 3.63) is 65.1 Å². The molecule has 2 N–H and O–H groups in total. The fourth-order valence-corrected chi connectivity index (χ4v) is 2.56. The number of para-hydroxylation sites is 1. The Morgan fingerprint density at radius 1 is 1.15 bits per heavy atom. The predicted molar refractivity (Wildman–Crippen MR) is 83.0 cm³/mol. The van der Waals surface area contributed by atoms with E-state index in [-0.39, 0.29) is 0 Å². The minimum Gasteiger partial charge on any atom is -0.356 e. The summed E-state index contributed by atoms with van der Waals surface area (Å²) in [7, 11) is 0. The summed E-state index contributed by atoms with van der Waals surface area (Å²) in [6.07, 6.45) is 4.66. The van der Waals surface area contributed by atoms with Crippen LogP contribution in [0.3, 0.4) is 0 Å². The SMILES string of the molecule is Clc1c(CNCCc2cccnc2)[nH]c2ccccc12. The molecule has 0 aliphatic carbocycles. The number of benzene rings is 1. The molecule has 1 aromatic carbocycles. The highest BCUT2D eigenvalue weighted by Gasteiger charge is 2.07. The van der Waals surface area contributed by atoms with Gasteiger partial charge in [-0.3, -0.25) is 4.98 Å². The summed E-state index contributed by atoms with van der Waals surface area (Å²) < 4.78 is 0. The molecule has 0 aliphatic heterocycles. The highest BCUT2D eigenvalue weighted by Crippen LogP contribution is 2.26. The van der Waals surface area contributed by atoms with Gasteiger partial charge in [0.15, 0.2) is 0 Å². The van der Waals surface area contributed by atoms with Gasteiger partial charge in [0.1, 0.15) is 0 Å².